The van der Waals surface area contributed by atoms with Gasteiger partial charge < -0.3 is 9.30 Å². The van der Waals surface area contributed by atoms with Crippen molar-refractivity contribution in [3.8, 4) is 0 Å². The molecule has 0 bridgehead atoms. The van der Waals surface area contributed by atoms with Gasteiger partial charge in [0.05, 0.1) is 10.7 Å². The van der Waals surface area contributed by atoms with Crippen LogP contribution >= 0.6 is 15.9 Å². The third-order valence-electron chi connectivity index (χ3n) is 1.28. The lowest BCUT2D eigenvalue weighted by atomic mass is 10.4. The van der Waals surface area contributed by atoms with Crippen LogP contribution < -0.4 is 5.56 Å². The number of pyridine rings is 1. The van der Waals surface area contributed by atoms with Gasteiger partial charge in [-0.05, 0) is 6.04 Å². The largest absolute Gasteiger partial charge is 0.383 e. The highest BCUT2D eigenvalue weighted by molar-refractivity contribution is 9.10. The van der Waals surface area contributed by atoms with E-state index >= 15 is 0 Å². The highest BCUT2D eigenvalue weighted by atomic mass is 79.9. The van der Waals surface area contributed by atoms with Crippen LogP contribution in [0.15, 0.2) is 27.5 Å². The summed E-state index contributed by atoms with van der Waals surface area (Å²) in [5, 5.41) is 0. The first kappa shape index (κ1) is 5.94. The van der Waals surface area contributed by atoms with Gasteiger partial charge in [-0.25, -0.2) is 0 Å². The van der Waals surface area contributed by atoms with Gasteiger partial charge in [0.15, 0.2) is 0 Å². The second-order valence-corrected chi connectivity index (χ2v) is 2.92. The van der Waals surface area contributed by atoms with Gasteiger partial charge in [-0.1, -0.05) is 15.9 Å². The molecule has 1 heterocycles. The van der Waals surface area contributed by atoms with E-state index in [-0.39, 0.29) is 35.9 Å². The molecule has 0 aliphatic rings. The quantitative estimate of drug-likeness (QED) is 0.789. The fourth-order valence-electron chi connectivity index (χ4n) is 0.700. The summed E-state index contributed by atoms with van der Waals surface area (Å²) >= 11 is 2.94. The molecule has 12 heavy (non-hydrogen) atoms. The van der Waals surface area contributed by atoms with Gasteiger partial charge in [0, 0.05) is 30.3 Å². The van der Waals surface area contributed by atoms with Crippen LogP contribution in [0.5, 0.6) is 0 Å². The molecule has 0 radical (unpaired) electrons. The summed E-state index contributed by atoms with van der Waals surface area (Å²) in [5.41, 5.74) is -0.583. The first-order valence-corrected chi connectivity index (χ1v) is 4.15. The molecule has 66 valence electrons. The Morgan fingerprint density at radius 3 is 3.25 bits per heavy atom. The van der Waals surface area contributed by atoms with Crippen molar-refractivity contribution < 1.29 is 8.85 Å². The monoisotopic (exact) mass is 234 g/mol. The van der Waals surface area contributed by atoms with E-state index in [1.165, 1.54) is 7.11 Å². The minimum absolute atomic E-state index is 0.0613. The summed E-state index contributed by atoms with van der Waals surface area (Å²) in [6.45, 7) is 0.450. The van der Waals surface area contributed by atoms with Crippen LogP contribution in [0.25, 0.3) is 0 Å². The van der Waals surface area contributed by atoms with Crippen molar-refractivity contribution in [3.63, 3.8) is 0 Å². The van der Waals surface area contributed by atoms with Gasteiger partial charge in [0.2, 0.25) is 0 Å². The molecule has 0 unspecified atom stereocenters. The molecule has 0 saturated carbocycles. The molecule has 1 aromatic heterocycles. The van der Waals surface area contributed by atoms with E-state index in [9.17, 15) is 4.79 Å². The highest BCUT2D eigenvalue weighted by Crippen LogP contribution is 2.03. The first-order valence-electron chi connectivity index (χ1n) is 4.85. The predicted octanol–water partition coefficient (Wildman–Crippen LogP) is 1.26. The van der Waals surface area contributed by atoms with Crippen LogP contribution in [0.2, 0.25) is 0 Å². The van der Waals surface area contributed by atoms with Gasteiger partial charge in [0.25, 0.3) is 5.56 Å². The Balaban J connectivity index is 3.33. The second kappa shape index (κ2) is 4.42. The number of hydrogen-bond donors (Lipinski definition) is 0. The summed E-state index contributed by atoms with van der Waals surface area (Å²) in [6, 6.07) is -0.456. The summed E-state index contributed by atoms with van der Waals surface area (Å²) in [4.78, 5) is 11.6. The number of halogens is 1. The Labute approximate surface area is 83.3 Å². The average molecular weight is 235 g/mol. The van der Waals surface area contributed by atoms with Crippen molar-refractivity contribution in [1.82, 2.24) is 4.57 Å². The highest BCUT2D eigenvalue weighted by Gasteiger charge is 1.94. The Bertz CT molecular complexity index is 433. The van der Waals surface area contributed by atoms with Gasteiger partial charge >= 0.3 is 0 Å². The van der Waals surface area contributed by atoms with E-state index in [1.54, 1.807) is 0 Å². The Hall–Kier alpha value is -0.610. The van der Waals surface area contributed by atoms with Crippen LogP contribution in [0, 0.1) is 0 Å². The van der Waals surface area contributed by atoms with E-state index in [0.717, 1.165) is 4.57 Å². The van der Waals surface area contributed by atoms with Crippen molar-refractivity contribution in [3.05, 3.63) is 33.1 Å². The zero-order valence-corrected chi connectivity index (χ0v) is 8.14. The van der Waals surface area contributed by atoms with E-state index in [0.29, 0.717) is 0 Å². The van der Waals surface area contributed by atoms with Gasteiger partial charge in [0.1, 0.15) is 0 Å². The maximum atomic E-state index is 11.6. The van der Waals surface area contributed by atoms with Crippen molar-refractivity contribution in [1.29, 1.82) is 0 Å². The molecule has 3 nitrogen and oxygen atoms in total. The first-order chi connectivity index (χ1) is 7.00. The molecule has 0 atom stereocenters. The number of aromatic nitrogens is 1. The average Bonchev–Trinajstić information content (AvgIpc) is 2.24. The fraction of sp³-hybridized carbons (Fsp3) is 0.375. The van der Waals surface area contributed by atoms with Gasteiger partial charge in [-0.2, -0.15) is 0 Å². The Kier molecular flexibility index (Phi) is 2.19. The molecule has 1 rings (SSSR count). The number of nitrogens with zero attached hydrogens (tertiary/aromatic N) is 1. The maximum Gasteiger partial charge on any atom is 0.251 e. The molecule has 0 aliphatic heterocycles. The molecule has 0 aromatic carbocycles. The Morgan fingerprint density at radius 2 is 2.58 bits per heavy atom. The molecule has 0 saturated heterocycles. The number of methoxy groups -OCH3 is 1. The van der Waals surface area contributed by atoms with Crippen molar-refractivity contribution in [2.24, 2.45) is 0 Å². The normalized spacial score (nSPS) is 13.7. The zero-order valence-electron chi connectivity index (χ0n) is 9.56. The van der Waals surface area contributed by atoms with E-state index in [4.69, 9.17) is 8.85 Å². The third kappa shape index (κ3) is 2.46. The summed E-state index contributed by atoms with van der Waals surface area (Å²) in [7, 11) is 1.48. The fourth-order valence-corrected chi connectivity index (χ4v) is 0.958. The van der Waals surface area contributed by atoms with Crippen molar-refractivity contribution in [2.45, 2.75) is 6.54 Å². The van der Waals surface area contributed by atoms with E-state index in [2.05, 4.69) is 15.9 Å². The molecule has 0 aliphatic carbocycles. The number of ether oxygens (including phenoxy) is 1. The summed E-state index contributed by atoms with van der Waals surface area (Å²) < 4.78 is 28.4. The summed E-state index contributed by atoms with van der Waals surface area (Å²) in [6.07, 6.45) is -0.208. The summed E-state index contributed by atoms with van der Waals surface area (Å²) in [5.74, 6) is 0. The van der Waals surface area contributed by atoms with Crippen molar-refractivity contribution >= 4 is 15.9 Å². The lowest BCUT2D eigenvalue weighted by Gasteiger charge is -2.03. The molecule has 0 spiro atoms. The molecule has 0 N–H and O–H groups in total. The van der Waals surface area contributed by atoms with E-state index in [1.807, 2.05) is 0 Å². The lowest BCUT2D eigenvalue weighted by molar-refractivity contribution is 0.186. The second-order valence-electron chi connectivity index (χ2n) is 2.13. The number of hydrogen-bond acceptors (Lipinski definition) is 2. The maximum absolute atomic E-state index is 11.6. The molecule has 1 aromatic rings. The smallest absolute Gasteiger partial charge is 0.251 e. The SMILES string of the molecule is [2H]c1c(Br)c([2H])c(=O)n(CCOC)c1[2H]. The van der Waals surface area contributed by atoms with Gasteiger partial charge in [-0.3, -0.25) is 4.79 Å². The van der Waals surface area contributed by atoms with Crippen LogP contribution in [0.3, 0.4) is 0 Å². The number of rotatable bonds is 3. The van der Waals surface area contributed by atoms with Gasteiger partial charge in [-0.15, -0.1) is 0 Å². The van der Waals surface area contributed by atoms with Crippen LogP contribution in [-0.4, -0.2) is 18.3 Å². The topological polar surface area (TPSA) is 31.2 Å². The zero-order chi connectivity index (χ0) is 11.6. The van der Waals surface area contributed by atoms with E-state index < -0.39 is 5.56 Å². The molecule has 4 heteroatoms. The van der Waals surface area contributed by atoms with Crippen LogP contribution in [0.4, 0.5) is 0 Å². The molecular formula is C8H10BrNO2. The predicted molar refractivity (Wildman–Crippen MR) is 50.3 cm³/mol. The lowest BCUT2D eigenvalue weighted by Crippen LogP contribution is -2.20. The third-order valence-corrected chi connectivity index (χ3v) is 1.68. The molecule has 0 fully saturated rings. The standard InChI is InChI=1S/C8H10BrNO2/c1-12-5-4-10-3-2-7(9)6-8(10)11/h2-3,6H,4-5H2,1H3/i2D,3D,6D. The molecular weight excluding hydrogens is 222 g/mol. The molecule has 0 amide bonds. The van der Waals surface area contributed by atoms with Crippen LogP contribution in [-0.2, 0) is 11.3 Å². The minimum Gasteiger partial charge on any atom is -0.383 e. The van der Waals surface area contributed by atoms with Crippen molar-refractivity contribution in [2.75, 3.05) is 13.7 Å². The minimum atomic E-state index is -0.583. The Morgan fingerprint density at radius 1 is 1.83 bits per heavy atom. The van der Waals surface area contributed by atoms with Crippen LogP contribution in [0.1, 0.15) is 4.11 Å².